The second-order valence-electron chi connectivity index (χ2n) is 5.48. The third-order valence-corrected chi connectivity index (χ3v) is 4.07. The standard InChI is InChI=1S/C17H16N4O2S/c1-11-2-4-12(5-3-11)14(10-15(22)23)21-16(19-20-17(21)24)13-6-8-18-9-7-13/h2-9,14H,10H2,1H3,(H,20,24)(H,22,23)/t14-/m1/s1. The van der Waals surface area contributed by atoms with Gasteiger partial charge in [-0.25, -0.2) is 0 Å². The summed E-state index contributed by atoms with van der Waals surface area (Å²) >= 11 is 5.36. The summed E-state index contributed by atoms with van der Waals surface area (Å²) in [6.07, 6.45) is 3.24. The Morgan fingerprint density at radius 3 is 2.54 bits per heavy atom. The molecule has 0 fully saturated rings. The molecular formula is C17H16N4O2S. The predicted molar refractivity (Wildman–Crippen MR) is 92.2 cm³/mol. The minimum atomic E-state index is -0.899. The van der Waals surface area contributed by atoms with Gasteiger partial charge in [-0.1, -0.05) is 29.8 Å². The van der Waals surface area contributed by atoms with Gasteiger partial charge in [-0.3, -0.25) is 19.4 Å². The molecular weight excluding hydrogens is 324 g/mol. The highest BCUT2D eigenvalue weighted by Crippen LogP contribution is 2.28. The number of aromatic amines is 1. The van der Waals surface area contributed by atoms with E-state index in [1.165, 1.54) is 0 Å². The molecule has 6 nitrogen and oxygen atoms in total. The van der Waals surface area contributed by atoms with E-state index >= 15 is 0 Å². The Hall–Kier alpha value is -2.80. The highest BCUT2D eigenvalue weighted by molar-refractivity contribution is 7.71. The molecule has 2 N–H and O–H groups in total. The van der Waals surface area contributed by atoms with E-state index in [1.54, 1.807) is 17.0 Å². The third kappa shape index (κ3) is 3.26. The summed E-state index contributed by atoms with van der Waals surface area (Å²) in [5.41, 5.74) is 2.80. The first kappa shape index (κ1) is 16.1. The van der Waals surface area contributed by atoms with Crippen LogP contribution < -0.4 is 0 Å². The molecule has 0 amide bonds. The highest BCUT2D eigenvalue weighted by atomic mass is 32.1. The number of pyridine rings is 1. The van der Waals surface area contributed by atoms with Crippen molar-refractivity contribution in [2.45, 2.75) is 19.4 Å². The number of carbonyl (C=O) groups is 1. The lowest BCUT2D eigenvalue weighted by Gasteiger charge is -2.19. The van der Waals surface area contributed by atoms with E-state index in [0.29, 0.717) is 10.6 Å². The first-order chi connectivity index (χ1) is 11.6. The van der Waals surface area contributed by atoms with Crippen molar-refractivity contribution in [3.8, 4) is 11.4 Å². The highest BCUT2D eigenvalue weighted by Gasteiger charge is 2.22. The van der Waals surface area contributed by atoms with Crippen molar-refractivity contribution in [3.05, 3.63) is 64.7 Å². The number of hydrogen-bond acceptors (Lipinski definition) is 4. The van der Waals surface area contributed by atoms with Gasteiger partial charge in [0, 0.05) is 18.0 Å². The Balaban J connectivity index is 2.15. The van der Waals surface area contributed by atoms with Gasteiger partial charge in [-0.05, 0) is 36.8 Å². The molecule has 1 atom stereocenters. The van der Waals surface area contributed by atoms with Crippen molar-refractivity contribution in [1.29, 1.82) is 0 Å². The summed E-state index contributed by atoms with van der Waals surface area (Å²) < 4.78 is 2.14. The van der Waals surface area contributed by atoms with E-state index < -0.39 is 12.0 Å². The molecule has 0 saturated carbocycles. The van der Waals surface area contributed by atoms with E-state index in [2.05, 4.69) is 15.2 Å². The van der Waals surface area contributed by atoms with E-state index in [9.17, 15) is 9.90 Å². The van der Waals surface area contributed by atoms with Crippen molar-refractivity contribution in [1.82, 2.24) is 19.7 Å². The smallest absolute Gasteiger partial charge is 0.305 e. The molecule has 0 aliphatic heterocycles. The Bertz CT molecular complexity index is 900. The molecule has 0 aliphatic carbocycles. The minimum absolute atomic E-state index is 0.0883. The molecule has 3 rings (SSSR count). The fraction of sp³-hybridized carbons (Fsp3) is 0.176. The van der Waals surface area contributed by atoms with Gasteiger partial charge in [0.2, 0.25) is 0 Å². The Kier molecular flexibility index (Phi) is 4.52. The van der Waals surface area contributed by atoms with Gasteiger partial charge in [-0.15, -0.1) is 0 Å². The number of aryl methyl sites for hydroxylation is 1. The van der Waals surface area contributed by atoms with Gasteiger partial charge in [0.15, 0.2) is 10.6 Å². The number of H-pyrrole nitrogens is 1. The number of nitrogens with one attached hydrogen (secondary N) is 1. The normalized spacial score (nSPS) is 12.0. The molecule has 3 aromatic rings. The first-order valence-electron chi connectivity index (χ1n) is 7.42. The van der Waals surface area contributed by atoms with Gasteiger partial charge in [0.25, 0.3) is 0 Å². The lowest BCUT2D eigenvalue weighted by molar-refractivity contribution is -0.137. The van der Waals surface area contributed by atoms with Crippen LogP contribution in [0.1, 0.15) is 23.6 Å². The van der Waals surface area contributed by atoms with Crippen LogP contribution in [0, 0.1) is 11.7 Å². The lowest BCUT2D eigenvalue weighted by atomic mass is 10.0. The SMILES string of the molecule is Cc1ccc([C@@H](CC(=O)O)n2c(-c3ccncc3)n[nH]c2=S)cc1. The summed E-state index contributed by atoms with van der Waals surface area (Å²) in [5, 5.41) is 16.4. The summed E-state index contributed by atoms with van der Waals surface area (Å²) in [6, 6.07) is 10.9. The number of aromatic nitrogens is 4. The van der Waals surface area contributed by atoms with Crippen molar-refractivity contribution >= 4 is 18.2 Å². The summed E-state index contributed by atoms with van der Waals surface area (Å²) in [5.74, 6) is -0.307. The van der Waals surface area contributed by atoms with Gasteiger partial charge >= 0.3 is 5.97 Å². The number of rotatable bonds is 5. The predicted octanol–water partition coefficient (Wildman–Crippen LogP) is 3.38. The Morgan fingerprint density at radius 1 is 1.25 bits per heavy atom. The van der Waals surface area contributed by atoms with Crippen molar-refractivity contribution in [2.24, 2.45) is 0 Å². The molecule has 0 aliphatic rings. The molecule has 1 aromatic carbocycles. The molecule has 0 bridgehead atoms. The van der Waals surface area contributed by atoms with Gasteiger partial charge < -0.3 is 5.11 Å². The fourth-order valence-electron chi connectivity index (χ4n) is 2.61. The Morgan fingerprint density at radius 2 is 1.92 bits per heavy atom. The fourth-order valence-corrected chi connectivity index (χ4v) is 2.87. The van der Waals surface area contributed by atoms with Crippen LogP contribution in [-0.4, -0.2) is 30.8 Å². The average molecular weight is 340 g/mol. The molecule has 0 unspecified atom stereocenters. The maximum Gasteiger partial charge on any atom is 0.305 e. The van der Waals surface area contributed by atoms with Crippen LogP contribution in [0.5, 0.6) is 0 Å². The maximum atomic E-state index is 11.4. The largest absolute Gasteiger partial charge is 0.481 e. The monoisotopic (exact) mass is 340 g/mol. The summed E-state index contributed by atoms with van der Waals surface area (Å²) in [6.45, 7) is 1.99. The molecule has 2 aromatic heterocycles. The number of hydrogen-bond donors (Lipinski definition) is 2. The van der Waals surface area contributed by atoms with Crippen LogP contribution in [0.2, 0.25) is 0 Å². The lowest BCUT2D eigenvalue weighted by Crippen LogP contribution is -2.16. The van der Waals surface area contributed by atoms with Gasteiger partial charge in [-0.2, -0.15) is 5.10 Å². The quantitative estimate of drug-likeness (QED) is 0.696. The van der Waals surface area contributed by atoms with Gasteiger partial charge in [0.1, 0.15) is 0 Å². The molecule has 122 valence electrons. The number of benzene rings is 1. The van der Waals surface area contributed by atoms with Crippen molar-refractivity contribution < 1.29 is 9.90 Å². The molecule has 2 heterocycles. The van der Waals surface area contributed by atoms with Gasteiger partial charge in [0.05, 0.1) is 12.5 Å². The molecule has 0 radical (unpaired) electrons. The van der Waals surface area contributed by atoms with E-state index in [0.717, 1.165) is 16.7 Å². The third-order valence-electron chi connectivity index (χ3n) is 3.78. The zero-order chi connectivity index (χ0) is 17.1. The second kappa shape index (κ2) is 6.76. The maximum absolute atomic E-state index is 11.4. The topological polar surface area (TPSA) is 83.8 Å². The average Bonchev–Trinajstić information content (AvgIpc) is 2.96. The van der Waals surface area contributed by atoms with E-state index in [-0.39, 0.29) is 6.42 Å². The van der Waals surface area contributed by atoms with E-state index in [1.807, 2.05) is 43.3 Å². The van der Waals surface area contributed by atoms with Crippen LogP contribution in [0.4, 0.5) is 0 Å². The molecule has 7 heteroatoms. The van der Waals surface area contributed by atoms with Crippen LogP contribution in [0.3, 0.4) is 0 Å². The number of carboxylic acid groups (broad SMARTS) is 1. The summed E-state index contributed by atoms with van der Waals surface area (Å²) in [4.78, 5) is 15.4. The van der Waals surface area contributed by atoms with E-state index in [4.69, 9.17) is 12.2 Å². The Labute approximate surface area is 143 Å². The summed E-state index contributed by atoms with van der Waals surface area (Å²) in [7, 11) is 0. The zero-order valence-electron chi connectivity index (χ0n) is 13.0. The van der Waals surface area contributed by atoms with Crippen LogP contribution in [-0.2, 0) is 4.79 Å². The number of aliphatic carboxylic acids is 1. The van der Waals surface area contributed by atoms with Crippen molar-refractivity contribution in [3.63, 3.8) is 0 Å². The first-order valence-corrected chi connectivity index (χ1v) is 7.82. The van der Waals surface area contributed by atoms with Crippen LogP contribution >= 0.6 is 12.2 Å². The van der Waals surface area contributed by atoms with Crippen molar-refractivity contribution in [2.75, 3.05) is 0 Å². The second-order valence-corrected chi connectivity index (χ2v) is 5.87. The zero-order valence-corrected chi connectivity index (χ0v) is 13.8. The van der Waals surface area contributed by atoms with Crippen LogP contribution in [0.15, 0.2) is 48.8 Å². The molecule has 0 spiro atoms. The number of nitrogens with zero attached hydrogens (tertiary/aromatic N) is 3. The number of carboxylic acids is 1. The van der Waals surface area contributed by atoms with Crippen LogP contribution in [0.25, 0.3) is 11.4 Å². The molecule has 24 heavy (non-hydrogen) atoms. The molecule has 0 saturated heterocycles. The minimum Gasteiger partial charge on any atom is -0.481 e.